The molecular formula is C22H20FN3O4S. The van der Waals surface area contributed by atoms with Crippen LogP contribution in [0.4, 0.5) is 10.1 Å². The van der Waals surface area contributed by atoms with Crippen LogP contribution in [-0.4, -0.2) is 22.0 Å². The number of nitro benzene ring substituents is 1. The number of amides is 1. The number of aliphatic imine (C=N–C) groups is 1. The van der Waals surface area contributed by atoms with E-state index in [0.717, 1.165) is 25.7 Å². The highest BCUT2D eigenvalue weighted by Gasteiger charge is 2.26. The molecule has 1 saturated heterocycles. The van der Waals surface area contributed by atoms with Gasteiger partial charge in [-0.15, -0.1) is 0 Å². The van der Waals surface area contributed by atoms with Crippen LogP contribution in [-0.2, 0) is 4.79 Å². The summed E-state index contributed by atoms with van der Waals surface area (Å²) in [5.74, 6) is -0.386. The van der Waals surface area contributed by atoms with Crippen LogP contribution >= 0.6 is 11.8 Å². The van der Waals surface area contributed by atoms with Gasteiger partial charge in [-0.3, -0.25) is 19.9 Å². The average Bonchev–Trinajstić information content (AvgIpc) is 3.10. The van der Waals surface area contributed by atoms with Crippen molar-refractivity contribution in [1.82, 2.24) is 5.32 Å². The molecule has 0 unspecified atom stereocenters. The van der Waals surface area contributed by atoms with Gasteiger partial charge in [-0.05, 0) is 66.6 Å². The molecule has 31 heavy (non-hydrogen) atoms. The summed E-state index contributed by atoms with van der Waals surface area (Å²) in [5, 5.41) is 14.9. The van der Waals surface area contributed by atoms with Crippen molar-refractivity contribution < 1.29 is 18.8 Å². The van der Waals surface area contributed by atoms with Crippen molar-refractivity contribution in [1.29, 1.82) is 0 Å². The fourth-order valence-corrected chi connectivity index (χ4v) is 4.39. The molecule has 1 heterocycles. The van der Waals surface area contributed by atoms with Crippen LogP contribution in [0.2, 0.25) is 0 Å². The minimum atomic E-state index is -0.557. The third-order valence-corrected chi connectivity index (χ3v) is 5.97. The molecule has 1 amide bonds. The Morgan fingerprint density at radius 3 is 2.61 bits per heavy atom. The van der Waals surface area contributed by atoms with E-state index in [-0.39, 0.29) is 29.1 Å². The number of hydrogen-bond acceptors (Lipinski definition) is 6. The molecule has 1 saturated carbocycles. The Morgan fingerprint density at radius 1 is 1.16 bits per heavy atom. The quantitative estimate of drug-likeness (QED) is 0.380. The summed E-state index contributed by atoms with van der Waals surface area (Å²) in [5.41, 5.74) is 0.243. The van der Waals surface area contributed by atoms with Crippen molar-refractivity contribution in [2.24, 2.45) is 4.99 Å². The van der Waals surface area contributed by atoms with E-state index in [4.69, 9.17) is 4.74 Å². The number of nitro groups is 1. The van der Waals surface area contributed by atoms with Crippen molar-refractivity contribution in [3.8, 4) is 11.5 Å². The van der Waals surface area contributed by atoms with Gasteiger partial charge in [0, 0.05) is 6.07 Å². The van der Waals surface area contributed by atoms with Crippen LogP contribution < -0.4 is 10.1 Å². The molecule has 1 aliphatic heterocycles. The first kappa shape index (κ1) is 21.0. The highest BCUT2D eigenvalue weighted by molar-refractivity contribution is 8.18. The lowest BCUT2D eigenvalue weighted by molar-refractivity contribution is -0.385. The van der Waals surface area contributed by atoms with Crippen LogP contribution in [0.15, 0.2) is 52.4 Å². The molecule has 2 aromatic carbocycles. The summed E-state index contributed by atoms with van der Waals surface area (Å²) < 4.78 is 18.6. The monoisotopic (exact) mass is 441 g/mol. The van der Waals surface area contributed by atoms with Crippen LogP contribution in [0, 0.1) is 15.9 Å². The van der Waals surface area contributed by atoms with Crippen LogP contribution in [0.1, 0.15) is 37.7 Å². The van der Waals surface area contributed by atoms with Gasteiger partial charge in [0.15, 0.2) is 5.17 Å². The SMILES string of the molecule is O=C1NC(=NC2CCCCC2)S/C1=C/c1ccc(Oc2ccc(F)cc2)c([N+](=O)[O-])c1. The summed E-state index contributed by atoms with van der Waals surface area (Å²) in [4.78, 5) is 28.4. The largest absolute Gasteiger partial charge is 0.450 e. The van der Waals surface area contributed by atoms with Gasteiger partial charge in [0.2, 0.25) is 5.75 Å². The number of carbonyl (C=O) groups excluding carboxylic acids is 1. The highest BCUT2D eigenvalue weighted by atomic mass is 32.2. The summed E-state index contributed by atoms with van der Waals surface area (Å²) >= 11 is 1.24. The summed E-state index contributed by atoms with van der Waals surface area (Å²) in [6.07, 6.45) is 7.18. The van der Waals surface area contributed by atoms with Gasteiger partial charge in [0.25, 0.3) is 5.91 Å². The molecule has 4 rings (SSSR count). The number of carbonyl (C=O) groups is 1. The minimum absolute atomic E-state index is 0.0295. The molecule has 0 radical (unpaired) electrons. The summed E-state index contributed by atoms with van der Waals surface area (Å²) in [6.45, 7) is 0. The predicted molar refractivity (Wildman–Crippen MR) is 118 cm³/mol. The molecule has 160 valence electrons. The van der Waals surface area contributed by atoms with Crippen molar-refractivity contribution in [3.05, 3.63) is 68.9 Å². The van der Waals surface area contributed by atoms with E-state index in [1.54, 1.807) is 12.1 Å². The molecule has 0 bridgehead atoms. The number of rotatable bonds is 5. The Morgan fingerprint density at radius 2 is 1.90 bits per heavy atom. The smallest absolute Gasteiger partial charge is 0.312 e. The van der Waals surface area contributed by atoms with Gasteiger partial charge in [0.05, 0.1) is 15.9 Å². The number of ether oxygens (including phenoxy) is 1. The lowest BCUT2D eigenvalue weighted by atomic mass is 9.96. The van der Waals surface area contributed by atoms with Gasteiger partial charge in [-0.2, -0.15) is 0 Å². The zero-order valence-electron chi connectivity index (χ0n) is 16.5. The van der Waals surface area contributed by atoms with Crippen molar-refractivity contribution >= 4 is 34.6 Å². The number of nitrogens with one attached hydrogen (secondary N) is 1. The first-order chi connectivity index (χ1) is 15.0. The normalized spacial score (nSPS) is 19.6. The van der Waals surface area contributed by atoms with E-state index in [2.05, 4.69) is 10.3 Å². The van der Waals surface area contributed by atoms with E-state index in [0.29, 0.717) is 15.6 Å². The number of hydrogen-bond donors (Lipinski definition) is 1. The first-order valence-electron chi connectivity index (χ1n) is 9.98. The maximum Gasteiger partial charge on any atom is 0.312 e. The third-order valence-electron chi connectivity index (χ3n) is 5.04. The van der Waals surface area contributed by atoms with Gasteiger partial charge < -0.3 is 10.1 Å². The zero-order valence-corrected chi connectivity index (χ0v) is 17.4. The predicted octanol–water partition coefficient (Wildman–Crippen LogP) is 5.42. The number of halogens is 1. The van der Waals surface area contributed by atoms with E-state index < -0.39 is 10.7 Å². The molecule has 0 atom stereocenters. The third kappa shape index (κ3) is 5.29. The lowest BCUT2D eigenvalue weighted by Crippen LogP contribution is -2.22. The highest BCUT2D eigenvalue weighted by Crippen LogP contribution is 2.34. The molecule has 2 aliphatic rings. The fourth-order valence-electron chi connectivity index (χ4n) is 3.50. The Balaban J connectivity index is 1.54. The number of thioether (sulfide) groups is 1. The molecule has 2 aromatic rings. The lowest BCUT2D eigenvalue weighted by Gasteiger charge is -2.17. The molecule has 2 fully saturated rings. The van der Waals surface area contributed by atoms with E-state index in [9.17, 15) is 19.3 Å². The molecule has 0 aromatic heterocycles. The summed E-state index contributed by atoms with van der Waals surface area (Å²) in [6, 6.07) is 9.87. The standard InChI is InChI=1S/C22H20FN3O4S/c23-15-7-9-17(10-8-15)30-19-11-6-14(12-18(19)26(28)29)13-20-21(27)25-22(31-20)24-16-4-2-1-3-5-16/h6-13,16H,1-5H2,(H,24,25,27)/b20-13+. The maximum atomic E-state index is 13.1. The Bertz CT molecular complexity index is 1060. The Kier molecular flexibility index (Phi) is 6.31. The van der Waals surface area contributed by atoms with Gasteiger partial charge in [-0.1, -0.05) is 25.3 Å². The maximum absolute atomic E-state index is 13.1. The van der Waals surface area contributed by atoms with Crippen molar-refractivity contribution in [2.45, 2.75) is 38.1 Å². The van der Waals surface area contributed by atoms with Gasteiger partial charge in [0.1, 0.15) is 11.6 Å². The second-order valence-electron chi connectivity index (χ2n) is 7.33. The molecule has 1 aliphatic carbocycles. The Hall–Kier alpha value is -3.20. The van der Waals surface area contributed by atoms with Gasteiger partial charge >= 0.3 is 5.69 Å². The second-order valence-corrected chi connectivity index (χ2v) is 8.36. The van der Waals surface area contributed by atoms with Gasteiger partial charge in [-0.25, -0.2) is 4.39 Å². The molecule has 9 heteroatoms. The number of benzene rings is 2. The van der Waals surface area contributed by atoms with Crippen LogP contribution in [0.5, 0.6) is 11.5 Å². The topological polar surface area (TPSA) is 93.8 Å². The number of nitrogens with zero attached hydrogens (tertiary/aromatic N) is 2. The molecule has 0 spiro atoms. The summed E-state index contributed by atoms with van der Waals surface area (Å²) in [7, 11) is 0. The minimum Gasteiger partial charge on any atom is -0.450 e. The van der Waals surface area contributed by atoms with E-state index in [1.807, 2.05) is 0 Å². The average molecular weight is 441 g/mol. The number of amidine groups is 1. The molecular weight excluding hydrogens is 421 g/mol. The molecule has 1 N–H and O–H groups in total. The van der Waals surface area contributed by atoms with Crippen LogP contribution in [0.25, 0.3) is 6.08 Å². The molecule has 7 nitrogen and oxygen atoms in total. The van der Waals surface area contributed by atoms with Crippen LogP contribution in [0.3, 0.4) is 0 Å². The van der Waals surface area contributed by atoms with Crippen molar-refractivity contribution in [2.75, 3.05) is 0 Å². The first-order valence-corrected chi connectivity index (χ1v) is 10.8. The van der Waals surface area contributed by atoms with E-state index >= 15 is 0 Å². The fraction of sp³-hybridized carbons (Fsp3) is 0.273. The zero-order chi connectivity index (χ0) is 21.8. The van der Waals surface area contributed by atoms with E-state index in [1.165, 1.54) is 54.6 Å². The Labute approximate surface area is 182 Å². The second kappa shape index (κ2) is 9.30. The van der Waals surface area contributed by atoms with Crippen molar-refractivity contribution in [3.63, 3.8) is 0 Å².